The number of aromatic amines is 1. The Bertz CT molecular complexity index is 617. The van der Waals surface area contributed by atoms with Crippen LogP contribution in [-0.2, 0) is 16.1 Å². The van der Waals surface area contributed by atoms with E-state index in [2.05, 4.69) is 15.6 Å². The quantitative estimate of drug-likeness (QED) is 0.613. The van der Waals surface area contributed by atoms with Crippen molar-refractivity contribution < 1.29 is 9.59 Å². The third-order valence-electron chi connectivity index (χ3n) is 2.82. The number of rotatable bonds is 6. The summed E-state index contributed by atoms with van der Waals surface area (Å²) < 4.78 is 1.06. The van der Waals surface area contributed by atoms with Gasteiger partial charge in [0.05, 0.1) is 0 Å². The Morgan fingerprint density at radius 1 is 1.33 bits per heavy atom. The Kier molecular flexibility index (Phi) is 5.89. The molecular formula is C13H20N4O4. The molecule has 1 heterocycles. The summed E-state index contributed by atoms with van der Waals surface area (Å²) in [6.07, 6.45) is 1.73. The van der Waals surface area contributed by atoms with Gasteiger partial charge in [-0.2, -0.15) is 0 Å². The highest BCUT2D eigenvalue weighted by molar-refractivity contribution is 5.87. The van der Waals surface area contributed by atoms with Crippen LogP contribution in [0.25, 0.3) is 0 Å². The van der Waals surface area contributed by atoms with E-state index in [0.29, 0.717) is 6.42 Å². The summed E-state index contributed by atoms with van der Waals surface area (Å²) >= 11 is 0. The molecule has 8 nitrogen and oxygen atoms in total. The molecule has 1 rings (SSSR count). The molecule has 3 N–H and O–H groups in total. The van der Waals surface area contributed by atoms with Gasteiger partial charge in [-0.3, -0.25) is 23.9 Å². The molecule has 8 heteroatoms. The first kappa shape index (κ1) is 16.7. The molecule has 0 aliphatic rings. The molecule has 0 aliphatic carbocycles. The first-order valence-electron chi connectivity index (χ1n) is 6.64. The second-order valence-electron chi connectivity index (χ2n) is 5.10. The number of carbonyl (C=O) groups excluding carboxylic acids is 2. The Morgan fingerprint density at radius 3 is 2.52 bits per heavy atom. The molecular weight excluding hydrogens is 276 g/mol. The summed E-state index contributed by atoms with van der Waals surface area (Å²) in [5, 5.41) is 5.08. The highest BCUT2D eigenvalue weighted by Gasteiger charge is 2.20. The van der Waals surface area contributed by atoms with Crippen molar-refractivity contribution in [3.05, 3.63) is 33.1 Å². The maximum Gasteiger partial charge on any atom is 0.328 e. The van der Waals surface area contributed by atoms with Gasteiger partial charge in [0.15, 0.2) is 0 Å². The van der Waals surface area contributed by atoms with Gasteiger partial charge < -0.3 is 10.6 Å². The van der Waals surface area contributed by atoms with Crippen LogP contribution in [-0.4, -0.2) is 34.5 Å². The van der Waals surface area contributed by atoms with Crippen molar-refractivity contribution in [2.24, 2.45) is 5.92 Å². The number of nitrogens with zero attached hydrogens (tertiary/aromatic N) is 1. The van der Waals surface area contributed by atoms with Gasteiger partial charge in [0.2, 0.25) is 11.8 Å². The van der Waals surface area contributed by atoms with Crippen molar-refractivity contribution in [3.63, 3.8) is 0 Å². The summed E-state index contributed by atoms with van der Waals surface area (Å²) in [6, 6.07) is 0.500. The van der Waals surface area contributed by atoms with E-state index in [0.717, 1.165) is 10.6 Å². The van der Waals surface area contributed by atoms with E-state index < -0.39 is 23.2 Å². The fourth-order valence-corrected chi connectivity index (χ4v) is 1.84. The lowest BCUT2D eigenvalue weighted by atomic mass is 10.0. The molecule has 0 aliphatic heterocycles. The van der Waals surface area contributed by atoms with Crippen molar-refractivity contribution >= 4 is 11.8 Å². The van der Waals surface area contributed by atoms with Crippen molar-refractivity contribution in [2.45, 2.75) is 32.9 Å². The maximum absolute atomic E-state index is 11.9. The van der Waals surface area contributed by atoms with Gasteiger partial charge in [-0.15, -0.1) is 0 Å². The number of H-pyrrole nitrogens is 1. The molecule has 116 valence electrons. The minimum absolute atomic E-state index is 0.225. The van der Waals surface area contributed by atoms with E-state index in [1.165, 1.54) is 13.2 Å². The van der Waals surface area contributed by atoms with Crippen LogP contribution in [0.15, 0.2) is 21.9 Å². The minimum atomic E-state index is -0.669. The molecule has 2 amide bonds. The molecule has 0 radical (unpaired) electrons. The smallest absolute Gasteiger partial charge is 0.328 e. The third kappa shape index (κ3) is 5.25. The summed E-state index contributed by atoms with van der Waals surface area (Å²) in [6.45, 7) is 3.62. The normalized spacial score (nSPS) is 12.0. The van der Waals surface area contributed by atoms with Crippen LogP contribution in [0.5, 0.6) is 0 Å². The average Bonchev–Trinajstić information content (AvgIpc) is 2.39. The number of aromatic nitrogens is 2. The molecule has 0 saturated carbocycles. The fraction of sp³-hybridized carbons (Fsp3) is 0.538. The lowest BCUT2D eigenvalue weighted by molar-refractivity contribution is -0.129. The number of hydrogen-bond acceptors (Lipinski definition) is 4. The Balaban J connectivity index is 2.75. The summed E-state index contributed by atoms with van der Waals surface area (Å²) in [5.41, 5.74) is -1.20. The highest BCUT2D eigenvalue weighted by Crippen LogP contribution is 2.04. The van der Waals surface area contributed by atoms with Crippen LogP contribution >= 0.6 is 0 Å². The van der Waals surface area contributed by atoms with E-state index in [1.54, 1.807) is 0 Å². The maximum atomic E-state index is 11.9. The average molecular weight is 296 g/mol. The zero-order valence-electron chi connectivity index (χ0n) is 12.3. The number of carbonyl (C=O) groups is 2. The van der Waals surface area contributed by atoms with Gasteiger partial charge in [0.1, 0.15) is 12.6 Å². The molecule has 0 spiro atoms. The first-order valence-corrected chi connectivity index (χ1v) is 6.64. The van der Waals surface area contributed by atoms with Gasteiger partial charge in [0.25, 0.3) is 5.56 Å². The Hall–Kier alpha value is -2.38. The predicted octanol–water partition coefficient (Wildman–Crippen LogP) is -1.19. The summed E-state index contributed by atoms with van der Waals surface area (Å²) in [5.74, 6) is -0.535. The summed E-state index contributed by atoms with van der Waals surface area (Å²) in [4.78, 5) is 48.1. The third-order valence-corrected chi connectivity index (χ3v) is 2.82. The molecule has 0 fully saturated rings. The van der Waals surface area contributed by atoms with Gasteiger partial charge >= 0.3 is 5.69 Å². The number of likely N-dealkylation sites (N-methyl/N-ethyl adjacent to an activating group) is 1. The van der Waals surface area contributed by atoms with Gasteiger partial charge in [-0.1, -0.05) is 13.8 Å². The zero-order valence-corrected chi connectivity index (χ0v) is 12.3. The van der Waals surface area contributed by atoms with Crippen LogP contribution in [0.3, 0.4) is 0 Å². The van der Waals surface area contributed by atoms with Crippen molar-refractivity contribution in [3.8, 4) is 0 Å². The van der Waals surface area contributed by atoms with E-state index in [9.17, 15) is 19.2 Å². The SMILES string of the molecule is CNC(=O)[C@H](CC(C)C)NC(=O)Cn1ccc(=O)[nH]c1=O. The van der Waals surface area contributed by atoms with Gasteiger partial charge in [-0.25, -0.2) is 4.79 Å². The lowest BCUT2D eigenvalue weighted by Gasteiger charge is -2.19. The van der Waals surface area contributed by atoms with Crippen molar-refractivity contribution in [2.75, 3.05) is 7.05 Å². The van der Waals surface area contributed by atoms with Crippen LogP contribution in [0.4, 0.5) is 0 Å². The number of nitrogens with one attached hydrogen (secondary N) is 3. The van der Waals surface area contributed by atoms with Crippen LogP contribution < -0.4 is 21.9 Å². The monoisotopic (exact) mass is 296 g/mol. The molecule has 21 heavy (non-hydrogen) atoms. The van der Waals surface area contributed by atoms with Gasteiger partial charge in [-0.05, 0) is 12.3 Å². The largest absolute Gasteiger partial charge is 0.357 e. The molecule has 1 aromatic heterocycles. The Morgan fingerprint density at radius 2 is 2.00 bits per heavy atom. The van der Waals surface area contributed by atoms with E-state index in [4.69, 9.17) is 0 Å². The highest BCUT2D eigenvalue weighted by atomic mass is 16.2. The molecule has 1 aromatic rings. The fourth-order valence-electron chi connectivity index (χ4n) is 1.84. The zero-order chi connectivity index (χ0) is 16.0. The first-order chi connectivity index (χ1) is 9.83. The molecule has 0 saturated heterocycles. The molecule has 0 unspecified atom stereocenters. The Labute approximate surface area is 121 Å². The summed E-state index contributed by atoms with van der Waals surface area (Å²) in [7, 11) is 1.49. The number of hydrogen-bond donors (Lipinski definition) is 3. The molecule has 0 aromatic carbocycles. The van der Waals surface area contributed by atoms with Crippen LogP contribution in [0.1, 0.15) is 20.3 Å². The molecule has 0 bridgehead atoms. The topological polar surface area (TPSA) is 113 Å². The van der Waals surface area contributed by atoms with Crippen LogP contribution in [0, 0.1) is 5.92 Å². The van der Waals surface area contributed by atoms with Crippen LogP contribution in [0.2, 0.25) is 0 Å². The minimum Gasteiger partial charge on any atom is -0.357 e. The van der Waals surface area contributed by atoms with Crippen molar-refractivity contribution in [1.29, 1.82) is 0 Å². The van der Waals surface area contributed by atoms with E-state index in [-0.39, 0.29) is 18.4 Å². The van der Waals surface area contributed by atoms with Crippen molar-refractivity contribution in [1.82, 2.24) is 20.2 Å². The van der Waals surface area contributed by atoms with E-state index >= 15 is 0 Å². The second-order valence-corrected chi connectivity index (χ2v) is 5.10. The predicted molar refractivity (Wildman–Crippen MR) is 76.8 cm³/mol. The number of amides is 2. The standard InChI is InChI=1S/C13H20N4O4/c1-8(2)6-9(12(20)14-3)15-11(19)7-17-5-4-10(18)16-13(17)21/h4-5,8-9H,6-7H2,1-3H3,(H,14,20)(H,15,19)(H,16,18,21)/t9-/m0/s1. The molecule has 1 atom stereocenters. The second kappa shape index (κ2) is 7.41. The van der Waals surface area contributed by atoms with E-state index in [1.807, 2.05) is 13.8 Å². The lowest BCUT2D eigenvalue weighted by Crippen LogP contribution is -2.48. The van der Waals surface area contributed by atoms with Gasteiger partial charge in [0, 0.05) is 19.3 Å².